The van der Waals surface area contributed by atoms with Crippen LogP contribution in [0.5, 0.6) is 0 Å². The molecule has 0 heterocycles. The molecule has 0 bridgehead atoms. The molecule has 0 spiro atoms. The molecule has 2 aromatic carbocycles. The summed E-state index contributed by atoms with van der Waals surface area (Å²) < 4.78 is 89.6. The van der Waals surface area contributed by atoms with Crippen molar-refractivity contribution in [1.82, 2.24) is 0 Å². The number of fused-ring (bicyclic) bond motifs is 1. The molecule has 0 aliphatic rings. The molecule has 23 heavy (non-hydrogen) atoms. The zero-order valence-corrected chi connectivity index (χ0v) is 10.8. The Morgan fingerprint density at radius 2 is 1.43 bits per heavy atom. The van der Waals surface area contributed by atoms with Crippen molar-refractivity contribution in [2.75, 3.05) is 0 Å². The van der Waals surface area contributed by atoms with Crippen molar-refractivity contribution in [2.24, 2.45) is 0 Å². The highest BCUT2D eigenvalue weighted by molar-refractivity contribution is 5.99. The first kappa shape index (κ1) is 16.8. The van der Waals surface area contributed by atoms with Crippen LogP contribution in [0.4, 0.5) is 30.7 Å². The second kappa shape index (κ2) is 5.56. The number of aliphatic hydroxyl groups is 1. The number of carbonyl (C=O) groups is 1. The number of ketones is 1. The number of aliphatic hydroxyl groups excluding tert-OH is 1. The summed E-state index contributed by atoms with van der Waals surface area (Å²) in [7, 11) is 0. The van der Waals surface area contributed by atoms with Crippen LogP contribution in [0, 0.1) is 23.3 Å². The van der Waals surface area contributed by atoms with E-state index in [2.05, 4.69) is 0 Å². The van der Waals surface area contributed by atoms with Crippen LogP contribution in [0.3, 0.4) is 0 Å². The fourth-order valence-corrected chi connectivity index (χ4v) is 1.80. The van der Waals surface area contributed by atoms with Crippen molar-refractivity contribution in [3.8, 4) is 0 Å². The predicted molar refractivity (Wildman–Crippen MR) is 65.4 cm³/mol. The summed E-state index contributed by atoms with van der Waals surface area (Å²) in [5.74, 6) is -11.2. The summed E-state index contributed by atoms with van der Waals surface area (Å²) >= 11 is 0. The molecule has 0 aromatic heterocycles. The zero-order chi connectivity index (χ0) is 17.5. The van der Waals surface area contributed by atoms with Crippen LogP contribution in [0.25, 0.3) is 16.5 Å². The van der Waals surface area contributed by atoms with Crippen LogP contribution in [-0.2, 0) is 4.79 Å². The standard InChI is InChI=1S/C14H5F7O2/c15-10-6-2-1-5(8(22)4-9(23)14(19,20)21)3-7(6)11(16)13(18)12(10)17/h1-4,22H/b8-4-. The monoisotopic (exact) mass is 338 g/mol. The Balaban J connectivity index is 2.62. The van der Waals surface area contributed by atoms with E-state index in [-0.39, 0.29) is 6.08 Å². The normalized spacial score (nSPS) is 12.7. The smallest absolute Gasteiger partial charge is 0.454 e. The fourth-order valence-electron chi connectivity index (χ4n) is 1.80. The maximum Gasteiger partial charge on any atom is 0.454 e. The summed E-state index contributed by atoms with van der Waals surface area (Å²) in [4.78, 5) is 10.7. The Morgan fingerprint density at radius 3 is 1.96 bits per heavy atom. The summed E-state index contributed by atoms with van der Waals surface area (Å²) in [5, 5.41) is 7.97. The highest BCUT2D eigenvalue weighted by atomic mass is 19.4. The Hall–Kier alpha value is -2.58. The van der Waals surface area contributed by atoms with Crippen LogP contribution < -0.4 is 0 Å². The third-order valence-electron chi connectivity index (χ3n) is 2.91. The first-order valence-corrected chi connectivity index (χ1v) is 5.82. The van der Waals surface area contributed by atoms with Gasteiger partial charge in [-0.1, -0.05) is 12.1 Å². The molecule has 0 fully saturated rings. The van der Waals surface area contributed by atoms with Gasteiger partial charge in [0.15, 0.2) is 23.3 Å². The maximum atomic E-state index is 13.6. The quantitative estimate of drug-likeness (QED) is 0.289. The Morgan fingerprint density at radius 1 is 0.913 bits per heavy atom. The second-order valence-electron chi connectivity index (χ2n) is 4.41. The van der Waals surface area contributed by atoms with E-state index in [0.717, 1.165) is 12.1 Å². The molecule has 1 N–H and O–H groups in total. The molecule has 0 saturated heterocycles. The molecule has 0 aliphatic heterocycles. The Bertz CT molecular complexity index is 837. The first-order valence-electron chi connectivity index (χ1n) is 5.82. The largest absolute Gasteiger partial charge is 0.507 e. The van der Waals surface area contributed by atoms with Crippen LogP contribution in [0.15, 0.2) is 24.3 Å². The van der Waals surface area contributed by atoms with E-state index < -0.39 is 57.3 Å². The minimum Gasteiger partial charge on any atom is -0.507 e. The van der Waals surface area contributed by atoms with Crippen molar-refractivity contribution in [1.29, 1.82) is 0 Å². The lowest BCUT2D eigenvalue weighted by Gasteiger charge is -2.07. The molecule has 2 aromatic rings. The van der Waals surface area contributed by atoms with Gasteiger partial charge in [-0.05, 0) is 6.07 Å². The summed E-state index contributed by atoms with van der Waals surface area (Å²) in [5.41, 5.74) is -0.514. The van der Waals surface area contributed by atoms with Crippen LogP contribution >= 0.6 is 0 Å². The van der Waals surface area contributed by atoms with E-state index >= 15 is 0 Å². The molecule has 2 rings (SSSR count). The van der Waals surface area contributed by atoms with Crippen molar-refractivity contribution >= 4 is 22.3 Å². The maximum absolute atomic E-state index is 13.6. The molecule has 2 nitrogen and oxygen atoms in total. The number of carbonyl (C=O) groups excluding carboxylic acids is 1. The topological polar surface area (TPSA) is 37.3 Å². The van der Waals surface area contributed by atoms with Gasteiger partial charge >= 0.3 is 6.18 Å². The van der Waals surface area contributed by atoms with Gasteiger partial charge in [0.1, 0.15) is 5.76 Å². The fraction of sp³-hybridized carbons (Fsp3) is 0.0714. The minimum atomic E-state index is -5.24. The Kier molecular flexibility index (Phi) is 4.06. The van der Waals surface area contributed by atoms with E-state index in [4.69, 9.17) is 0 Å². The highest BCUT2D eigenvalue weighted by Crippen LogP contribution is 2.29. The molecule has 0 aliphatic carbocycles. The number of halogens is 7. The van der Waals surface area contributed by atoms with Crippen molar-refractivity contribution in [3.05, 3.63) is 53.1 Å². The van der Waals surface area contributed by atoms with Gasteiger partial charge < -0.3 is 5.11 Å². The highest BCUT2D eigenvalue weighted by Gasteiger charge is 2.37. The molecule has 0 radical (unpaired) electrons. The SMILES string of the molecule is O=C(/C=C(\O)c1ccc2c(F)c(F)c(F)c(F)c2c1)C(F)(F)F. The first-order chi connectivity index (χ1) is 10.5. The molecular formula is C14H5F7O2. The summed E-state index contributed by atoms with van der Waals surface area (Å²) in [6.45, 7) is 0. The zero-order valence-electron chi connectivity index (χ0n) is 10.8. The minimum absolute atomic E-state index is 0.171. The summed E-state index contributed by atoms with van der Waals surface area (Å²) in [6, 6.07) is 2.14. The van der Waals surface area contributed by atoms with Crippen molar-refractivity contribution in [2.45, 2.75) is 6.18 Å². The van der Waals surface area contributed by atoms with E-state index in [1.165, 1.54) is 0 Å². The van der Waals surface area contributed by atoms with Gasteiger partial charge in [0.2, 0.25) is 0 Å². The Labute approximate surface area is 123 Å². The lowest BCUT2D eigenvalue weighted by molar-refractivity contribution is -0.165. The average Bonchev–Trinajstić information content (AvgIpc) is 2.49. The second-order valence-corrected chi connectivity index (χ2v) is 4.41. The van der Waals surface area contributed by atoms with E-state index in [1.807, 2.05) is 0 Å². The number of rotatable bonds is 2. The van der Waals surface area contributed by atoms with E-state index in [1.54, 1.807) is 0 Å². The lowest BCUT2D eigenvalue weighted by Crippen LogP contribution is -2.20. The number of hydrogen-bond acceptors (Lipinski definition) is 2. The van der Waals surface area contributed by atoms with Gasteiger partial charge in [0, 0.05) is 22.4 Å². The van der Waals surface area contributed by atoms with Gasteiger partial charge in [-0.15, -0.1) is 0 Å². The van der Waals surface area contributed by atoms with Gasteiger partial charge in [0.25, 0.3) is 5.78 Å². The third-order valence-corrected chi connectivity index (χ3v) is 2.91. The van der Waals surface area contributed by atoms with Gasteiger partial charge in [-0.25, -0.2) is 17.6 Å². The number of allylic oxidation sites excluding steroid dienone is 1. The van der Waals surface area contributed by atoms with Crippen LogP contribution in [0.1, 0.15) is 5.56 Å². The van der Waals surface area contributed by atoms with E-state index in [9.17, 15) is 40.6 Å². The van der Waals surface area contributed by atoms with E-state index in [0.29, 0.717) is 6.07 Å². The molecule has 0 atom stereocenters. The number of hydrogen-bond donors (Lipinski definition) is 1. The molecular weight excluding hydrogens is 333 g/mol. The van der Waals surface area contributed by atoms with Crippen molar-refractivity contribution in [3.63, 3.8) is 0 Å². The predicted octanol–water partition coefficient (Wildman–Crippen LogP) is 4.43. The lowest BCUT2D eigenvalue weighted by atomic mass is 10.0. The van der Waals surface area contributed by atoms with Gasteiger partial charge in [-0.2, -0.15) is 13.2 Å². The number of alkyl halides is 3. The average molecular weight is 338 g/mol. The van der Waals surface area contributed by atoms with Crippen LogP contribution in [-0.4, -0.2) is 17.1 Å². The molecule has 0 unspecified atom stereocenters. The molecule has 122 valence electrons. The number of benzene rings is 2. The summed E-state index contributed by atoms with van der Waals surface area (Å²) in [6.07, 6.45) is -5.41. The molecule has 0 saturated carbocycles. The molecule has 0 amide bonds. The molecule has 9 heteroatoms. The van der Waals surface area contributed by atoms with Gasteiger partial charge in [-0.3, -0.25) is 4.79 Å². The van der Waals surface area contributed by atoms with Crippen LogP contribution in [0.2, 0.25) is 0 Å². The third kappa shape index (κ3) is 2.99. The van der Waals surface area contributed by atoms with Gasteiger partial charge in [0.05, 0.1) is 0 Å². The van der Waals surface area contributed by atoms with Crippen molar-refractivity contribution < 1.29 is 40.6 Å².